The predicted molar refractivity (Wildman–Crippen MR) is 92.2 cm³/mol. The molecule has 1 amide bonds. The van der Waals surface area contributed by atoms with Gasteiger partial charge in [0, 0.05) is 31.1 Å². The van der Waals surface area contributed by atoms with Crippen molar-refractivity contribution in [1.29, 1.82) is 0 Å². The first kappa shape index (κ1) is 17.9. The van der Waals surface area contributed by atoms with Crippen molar-refractivity contribution in [2.45, 2.75) is 31.7 Å². The fourth-order valence-corrected chi connectivity index (χ4v) is 3.47. The summed E-state index contributed by atoms with van der Waals surface area (Å²) in [6.07, 6.45) is -0.666. The monoisotopic (exact) mass is 375 g/mol. The van der Waals surface area contributed by atoms with Gasteiger partial charge in [0.15, 0.2) is 0 Å². The molecule has 0 aliphatic carbocycles. The standard InChI is InChI=1S/C20H19F2NO4/c21-14-5-4-12(15(22)8-14)9-23-10-13-2-1-3-18(19(13)20(23)25)27-17-6-7-26-11-16(17)24/h1-5,8,16-17,24H,6-7,9-11H2/t16-,17-/m0/s1. The van der Waals surface area contributed by atoms with Crippen molar-refractivity contribution in [2.24, 2.45) is 0 Å². The molecule has 0 radical (unpaired) electrons. The third-order valence-electron chi connectivity index (χ3n) is 4.89. The Morgan fingerprint density at radius 3 is 2.89 bits per heavy atom. The zero-order chi connectivity index (χ0) is 19.0. The number of carbonyl (C=O) groups excluding carboxylic acids is 1. The van der Waals surface area contributed by atoms with Gasteiger partial charge in [0.25, 0.3) is 5.91 Å². The Bertz CT molecular complexity index is 873. The molecule has 2 atom stereocenters. The molecule has 0 spiro atoms. The molecule has 2 aliphatic rings. The Morgan fingerprint density at radius 1 is 1.26 bits per heavy atom. The molecule has 0 saturated carbocycles. The molecule has 0 unspecified atom stereocenters. The number of aliphatic hydroxyl groups excluding tert-OH is 1. The van der Waals surface area contributed by atoms with Gasteiger partial charge in [0.05, 0.1) is 18.8 Å². The van der Waals surface area contributed by atoms with E-state index in [0.29, 0.717) is 30.9 Å². The lowest BCUT2D eigenvalue weighted by Crippen LogP contribution is -2.40. The second kappa shape index (κ2) is 7.25. The largest absolute Gasteiger partial charge is 0.487 e. The summed E-state index contributed by atoms with van der Waals surface area (Å²) in [7, 11) is 0. The van der Waals surface area contributed by atoms with Crippen LogP contribution in [0, 0.1) is 11.6 Å². The maximum absolute atomic E-state index is 13.9. The molecule has 1 saturated heterocycles. The third-order valence-corrected chi connectivity index (χ3v) is 4.89. The Kier molecular flexibility index (Phi) is 4.80. The summed E-state index contributed by atoms with van der Waals surface area (Å²) < 4.78 is 38.2. The maximum Gasteiger partial charge on any atom is 0.258 e. The van der Waals surface area contributed by atoms with Crippen LogP contribution in [0.4, 0.5) is 8.78 Å². The Morgan fingerprint density at radius 2 is 2.11 bits per heavy atom. The summed E-state index contributed by atoms with van der Waals surface area (Å²) in [5.74, 6) is -1.20. The van der Waals surface area contributed by atoms with Gasteiger partial charge in [-0.05, 0) is 17.7 Å². The van der Waals surface area contributed by atoms with Crippen LogP contribution >= 0.6 is 0 Å². The van der Waals surface area contributed by atoms with Crippen LogP contribution in [0.2, 0.25) is 0 Å². The van der Waals surface area contributed by atoms with Gasteiger partial charge < -0.3 is 19.5 Å². The Balaban J connectivity index is 1.55. The Labute approximate surface area is 155 Å². The molecule has 1 fully saturated rings. The van der Waals surface area contributed by atoms with Gasteiger partial charge in [-0.2, -0.15) is 0 Å². The highest BCUT2D eigenvalue weighted by atomic mass is 19.1. The fourth-order valence-electron chi connectivity index (χ4n) is 3.47. The molecule has 2 heterocycles. The number of hydrogen-bond donors (Lipinski definition) is 1. The highest BCUT2D eigenvalue weighted by molar-refractivity contribution is 6.01. The number of halogens is 2. The number of amides is 1. The van der Waals surface area contributed by atoms with E-state index < -0.39 is 23.8 Å². The molecule has 0 aromatic heterocycles. The van der Waals surface area contributed by atoms with Crippen LogP contribution in [-0.2, 0) is 17.8 Å². The molecule has 142 valence electrons. The molecule has 7 heteroatoms. The molecular weight excluding hydrogens is 356 g/mol. The number of benzene rings is 2. The topological polar surface area (TPSA) is 59.0 Å². The summed E-state index contributed by atoms with van der Waals surface area (Å²) in [6, 6.07) is 8.63. The first-order valence-corrected chi connectivity index (χ1v) is 8.80. The molecule has 1 N–H and O–H groups in total. The van der Waals surface area contributed by atoms with Gasteiger partial charge in [-0.25, -0.2) is 8.78 Å². The van der Waals surface area contributed by atoms with Gasteiger partial charge in [0.1, 0.15) is 29.6 Å². The lowest BCUT2D eigenvalue weighted by molar-refractivity contribution is -0.0752. The van der Waals surface area contributed by atoms with Crippen LogP contribution in [0.5, 0.6) is 5.75 Å². The van der Waals surface area contributed by atoms with Gasteiger partial charge in [0.2, 0.25) is 0 Å². The number of fused-ring (bicyclic) bond motifs is 1. The number of carbonyl (C=O) groups is 1. The van der Waals surface area contributed by atoms with Crippen molar-refractivity contribution >= 4 is 5.91 Å². The minimum absolute atomic E-state index is 0.0406. The fraction of sp³-hybridized carbons (Fsp3) is 0.350. The van der Waals surface area contributed by atoms with E-state index in [0.717, 1.165) is 11.6 Å². The second-order valence-corrected chi connectivity index (χ2v) is 6.77. The van der Waals surface area contributed by atoms with Gasteiger partial charge >= 0.3 is 0 Å². The highest BCUT2D eigenvalue weighted by Crippen LogP contribution is 2.33. The zero-order valence-electron chi connectivity index (χ0n) is 14.5. The summed E-state index contributed by atoms with van der Waals surface area (Å²) in [6.45, 7) is 1.04. The van der Waals surface area contributed by atoms with Crippen molar-refractivity contribution in [3.05, 3.63) is 64.7 Å². The smallest absolute Gasteiger partial charge is 0.258 e. The summed E-state index contributed by atoms with van der Waals surface area (Å²) >= 11 is 0. The molecule has 2 aliphatic heterocycles. The van der Waals surface area contributed by atoms with Gasteiger partial charge in [-0.1, -0.05) is 18.2 Å². The average molecular weight is 375 g/mol. The Hall–Kier alpha value is -2.51. The first-order chi connectivity index (χ1) is 13.0. The number of hydrogen-bond acceptors (Lipinski definition) is 4. The molecule has 5 nitrogen and oxygen atoms in total. The van der Waals surface area contributed by atoms with E-state index in [9.17, 15) is 18.7 Å². The quantitative estimate of drug-likeness (QED) is 0.893. The average Bonchev–Trinajstić information content (AvgIpc) is 2.96. The SMILES string of the molecule is O=C1c2c(cccc2O[C@H]2CCOC[C@@H]2O)CN1Cc1ccc(F)cc1F. The number of aliphatic hydroxyl groups is 1. The lowest BCUT2D eigenvalue weighted by atomic mass is 10.1. The van der Waals surface area contributed by atoms with E-state index in [1.807, 2.05) is 6.07 Å². The molecule has 2 aromatic carbocycles. The van der Waals surface area contributed by atoms with Gasteiger partial charge in [-0.3, -0.25) is 4.79 Å². The third kappa shape index (κ3) is 3.52. The number of rotatable bonds is 4. The summed E-state index contributed by atoms with van der Waals surface area (Å²) in [4.78, 5) is 14.4. The molecule has 2 aromatic rings. The minimum atomic E-state index is -0.754. The molecular formula is C20H19F2NO4. The van der Waals surface area contributed by atoms with E-state index in [1.54, 1.807) is 12.1 Å². The van der Waals surface area contributed by atoms with Crippen LogP contribution < -0.4 is 4.74 Å². The summed E-state index contributed by atoms with van der Waals surface area (Å²) in [5.41, 5.74) is 1.46. The van der Waals surface area contributed by atoms with Crippen molar-refractivity contribution in [3.8, 4) is 5.75 Å². The zero-order valence-corrected chi connectivity index (χ0v) is 14.5. The predicted octanol–water partition coefficient (Wildman–Crippen LogP) is 2.65. The van der Waals surface area contributed by atoms with Crippen LogP contribution in [0.25, 0.3) is 0 Å². The van der Waals surface area contributed by atoms with Crippen molar-refractivity contribution in [1.82, 2.24) is 4.90 Å². The van der Waals surface area contributed by atoms with Crippen LogP contribution in [0.15, 0.2) is 36.4 Å². The van der Waals surface area contributed by atoms with E-state index >= 15 is 0 Å². The van der Waals surface area contributed by atoms with E-state index in [4.69, 9.17) is 9.47 Å². The van der Waals surface area contributed by atoms with E-state index in [-0.39, 0.29) is 24.6 Å². The van der Waals surface area contributed by atoms with E-state index in [2.05, 4.69) is 0 Å². The highest BCUT2D eigenvalue weighted by Gasteiger charge is 2.33. The normalized spacial score (nSPS) is 22.0. The maximum atomic E-state index is 13.9. The van der Waals surface area contributed by atoms with Crippen LogP contribution in [-0.4, -0.2) is 41.3 Å². The number of ether oxygens (including phenoxy) is 2. The van der Waals surface area contributed by atoms with Crippen molar-refractivity contribution in [3.63, 3.8) is 0 Å². The van der Waals surface area contributed by atoms with Gasteiger partial charge in [-0.15, -0.1) is 0 Å². The van der Waals surface area contributed by atoms with Crippen LogP contribution in [0.3, 0.4) is 0 Å². The minimum Gasteiger partial charge on any atom is -0.487 e. The summed E-state index contributed by atoms with van der Waals surface area (Å²) in [5, 5.41) is 10.0. The van der Waals surface area contributed by atoms with E-state index in [1.165, 1.54) is 17.0 Å². The van der Waals surface area contributed by atoms with Crippen molar-refractivity contribution < 1.29 is 28.2 Å². The molecule has 27 heavy (non-hydrogen) atoms. The lowest BCUT2D eigenvalue weighted by Gasteiger charge is -2.28. The molecule has 0 bridgehead atoms. The van der Waals surface area contributed by atoms with Crippen LogP contribution in [0.1, 0.15) is 27.9 Å². The first-order valence-electron chi connectivity index (χ1n) is 8.80. The number of nitrogens with zero attached hydrogens (tertiary/aromatic N) is 1. The molecule has 4 rings (SSSR count). The van der Waals surface area contributed by atoms with Crippen molar-refractivity contribution in [2.75, 3.05) is 13.2 Å². The second-order valence-electron chi connectivity index (χ2n) is 6.77.